The number of Topliss-reactive ketones (excluding diaryl/α,β-unsaturated/α-hetero) is 1. The zero-order valence-corrected chi connectivity index (χ0v) is 31.9. The first-order valence-corrected chi connectivity index (χ1v) is 18.6. The number of likely N-dealkylation sites (N-methyl/N-ethyl adjacent to an activating group) is 1. The Hall–Kier alpha value is -6.31. The van der Waals surface area contributed by atoms with Crippen molar-refractivity contribution in [3.05, 3.63) is 108 Å². The van der Waals surface area contributed by atoms with Crippen LogP contribution in [-0.2, 0) is 57.7 Å². The normalized spacial score (nSPS) is 13.1. The summed E-state index contributed by atoms with van der Waals surface area (Å²) in [7, 11) is 1.42. The lowest BCUT2D eigenvalue weighted by molar-refractivity contribution is -0.148. The van der Waals surface area contributed by atoms with Crippen LogP contribution in [0.2, 0.25) is 0 Å². The lowest BCUT2D eigenvalue weighted by atomic mass is 10.0. The van der Waals surface area contributed by atoms with Crippen LogP contribution >= 0.6 is 0 Å². The van der Waals surface area contributed by atoms with Gasteiger partial charge in [0.2, 0.25) is 29.5 Å². The number of fused-ring (bicyclic) bond motifs is 1. The molecule has 0 aliphatic carbocycles. The van der Waals surface area contributed by atoms with E-state index >= 15 is 0 Å². The number of carbonyl (C=O) groups excluding carboxylic acids is 7. The van der Waals surface area contributed by atoms with Gasteiger partial charge in [-0.15, -0.1) is 0 Å². The highest BCUT2D eigenvalue weighted by atomic mass is 16.5. The van der Waals surface area contributed by atoms with Crippen LogP contribution in [0.3, 0.4) is 0 Å². The lowest BCUT2D eigenvalue weighted by Crippen LogP contribution is -2.59. The van der Waals surface area contributed by atoms with Gasteiger partial charge in [-0.3, -0.25) is 33.6 Å². The number of esters is 1. The molecule has 6 N–H and O–H groups in total. The molecule has 14 heteroatoms. The molecule has 56 heavy (non-hydrogen) atoms. The Morgan fingerprint density at radius 1 is 0.768 bits per heavy atom. The van der Waals surface area contributed by atoms with Crippen LogP contribution in [0.15, 0.2) is 91.1 Å². The monoisotopic (exact) mass is 766 g/mol. The van der Waals surface area contributed by atoms with Crippen LogP contribution in [0.4, 0.5) is 0 Å². The molecule has 0 fully saturated rings. The van der Waals surface area contributed by atoms with Gasteiger partial charge in [-0.1, -0.05) is 98.6 Å². The number of nitrogens with one attached hydrogen (secondary N) is 4. The molecule has 296 valence electrons. The molecule has 0 saturated heterocycles. The van der Waals surface area contributed by atoms with Crippen molar-refractivity contribution in [1.29, 1.82) is 0 Å². The molecule has 0 aliphatic rings. The third-order valence-corrected chi connectivity index (χ3v) is 9.28. The predicted octanol–water partition coefficient (Wildman–Crippen LogP) is 3.02. The molecular weight excluding hydrogens is 716 g/mol. The van der Waals surface area contributed by atoms with Gasteiger partial charge in [0.15, 0.2) is 0 Å². The first-order valence-electron chi connectivity index (χ1n) is 18.6. The van der Waals surface area contributed by atoms with Crippen molar-refractivity contribution in [2.75, 3.05) is 7.05 Å². The van der Waals surface area contributed by atoms with E-state index in [1.807, 2.05) is 37.3 Å². The number of hydrogen-bond donors (Lipinski definition) is 5. The molecule has 3 aromatic carbocycles. The topological polar surface area (TPSA) is 210 Å². The van der Waals surface area contributed by atoms with Crippen molar-refractivity contribution in [1.82, 2.24) is 25.8 Å². The summed E-state index contributed by atoms with van der Waals surface area (Å²) in [5.41, 5.74) is 8.65. The lowest BCUT2D eigenvalue weighted by Gasteiger charge is -2.32. The van der Waals surface area contributed by atoms with Crippen molar-refractivity contribution < 1.29 is 38.3 Å². The van der Waals surface area contributed by atoms with E-state index in [0.29, 0.717) is 18.4 Å². The number of nitrogens with two attached hydrogens (primary N) is 1. The molecule has 0 radical (unpaired) electrons. The Morgan fingerprint density at radius 2 is 1.39 bits per heavy atom. The number of unbranched alkanes of at least 4 members (excludes halogenated alkanes) is 1. The highest BCUT2D eigenvalue weighted by molar-refractivity contribution is 6.00. The molecule has 14 nitrogen and oxygen atoms in total. The van der Waals surface area contributed by atoms with Gasteiger partial charge < -0.3 is 36.3 Å². The average Bonchev–Trinajstić information content (AvgIpc) is 3.59. The van der Waals surface area contributed by atoms with E-state index in [1.54, 1.807) is 60.8 Å². The predicted molar refractivity (Wildman–Crippen MR) is 209 cm³/mol. The van der Waals surface area contributed by atoms with Gasteiger partial charge in [0.05, 0.1) is 12.8 Å². The first-order chi connectivity index (χ1) is 26.9. The number of carbonyl (C=O) groups is 7. The fourth-order valence-corrected chi connectivity index (χ4v) is 6.28. The highest BCUT2D eigenvalue weighted by Crippen LogP contribution is 2.21. The molecule has 0 bridgehead atoms. The molecule has 1 aromatic heterocycles. The van der Waals surface area contributed by atoms with Gasteiger partial charge in [0, 0.05) is 37.0 Å². The number of ether oxygens (including phenoxy) is 1. The van der Waals surface area contributed by atoms with Crippen molar-refractivity contribution in [3.63, 3.8) is 0 Å². The van der Waals surface area contributed by atoms with E-state index in [-0.39, 0.29) is 31.7 Å². The van der Waals surface area contributed by atoms with Crippen molar-refractivity contribution in [2.45, 2.75) is 89.6 Å². The SMILES string of the molecule is CCCC[C@@H](C(=O)N[C@@H](CC(=O)OCc1ccccc1)C(=O)N[C@@H](Cc1ccccc1)C(N)=O)N(C)C(=O)[C@H](Cc1c[nH]c2ccccc12)NC(=O)CC(C)=O. The maximum Gasteiger partial charge on any atom is 0.308 e. The van der Waals surface area contributed by atoms with E-state index in [4.69, 9.17) is 10.5 Å². The minimum absolute atomic E-state index is 0.0488. The van der Waals surface area contributed by atoms with Crippen LogP contribution in [0.5, 0.6) is 0 Å². The second-order valence-electron chi connectivity index (χ2n) is 13.7. The van der Waals surface area contributed by atoms with Crippen LogP contribution in [0.1, 0.15) is 62.6 Å². The van der Waals surface area contributed by atoms with Crippen LogP contribution in [0, 0.1) is 0 Å². The fourth-order valence-electron chi connectivity index (χ4n) is 6.28. The number of amides is 5. The zero-order valence-electron chi connectivity index (χ0n) is 31.9. The van der Waals surface area contributed by atoms with Gasteiger partial charge in [0.25, 0.3) is 0 Å². The maximum absolute atomic E-state index is 14.3. The molecule has 4 rings (SSSR count). The average molecular weight is 767 g/mol. The van der Waals surface area contributed by atoms with Crippen molar-refractivity contribution in [2.24, 2.45) is 5.73 Å². The van der Waals surface area contributed by atoms with Gasteiger partial charge in [-0.25, -0.2) is 0 Å². The molecule has 0 aliphatic heterocycles. The molecule has 4 aromatic rings. The van der Waals surface area contributed by atoms with Crippen molar-refractivity contribution in [3.8, 4) is 0 Å². The highest BCUT2D eigenvalue weighted by Gasteiger charge is 2.36. The number of ketones is 1. The van der Waals surface area contributed by atoms with E-state index in [2.05, 4.69) is 20.9 Å². The molecule has 0 unspecified atom stereocenters. The summed E-state index contributed by atoms with van der Waals surface area (Å²) >= 11 is 0. The summed E-state index contributed by atoms with van der Waals surface area (Å²) in [6, 6.07) is 20.2. The van der Waals surface area contributed by atoms with E-state index in [0.717, 1.165) is 22.0 Å². The van der Waals surface area contributed by atoms with Gasteiger partial charge >= 0.3 is 5.97 Å². The summed E-state index contributed by atoms with van der Waals surface area (Å²) < 4.78 is 5.43. The Balaban J connectivity index is 1.59. The first kappa shape index (κ1) is 42.4. The Kier molecular flexibility index (Phi) is 15.9. The van der Waals surface area contributed by atoms with Gasteiger partial charge in [0.1, 0.15) is 36.6 Å². The number of hydrogen-bond acceptors (Lipinski definition) is 8. The number of H-pyrrole nitrogens is 1. The number of primary amides is 1. The van der Waals surface area contributed by atoms with Gasteiger partial charge in [-0.05, 0) is 36.1 Å². The Labute approximate surface area is 325 Å². The van der Waals surface area contributed by atoms with Crippen LogP contribution in [-0.4, -0.2) is 82.4 Å². The van der Waals surface area contributed by atoms with Crippen LogP contribution in [0.25, 0.3) is 10.9 Å². The third-order valence-electron chi connectivity index (χ3n) is 9.28. The minimum Gasteiger partial charge on any atom is -0.461 e. The number of aromatic nitrogens is 1. The minimum atomic E-state index is -1.52. The summed E-state index contributed by atoms with van der Waals surface area (Å²) in [4.78, 5) is 96.9. The Morgan fingerprint density at radius 3 is 2.04 bits per heavy atom. The molecular formula is C42H50N6O8. The number of aromatic amines is 1. The standard InChI is InChI=1S/C42H50N6O8/c1-4-5-20-36(48(3)42(55)35(45-37(50)21-27(2)49)23-30-25-44-32-19-13-12-18-31(30)32)41(54)47-34(24-38(51)56-26-29-16-10-7-11-17-29)40(53)46-33(39(43)52)22-28-14-8-6-9-15-28/h6-19,25,33-36,44H,4-5,20-24,26H2,1-3H3,(H2,43,52)(H,45,50)(H,46,53)(H,47,54)/t33-,34-,35-,36-/m0/s1. The number of nitrogens with zero attached hydrogens (tertiary/aromatic N) is 1. The molecule has 0 saturated carbocycles. The number of para-hydroxylation sites is 1. The fraction of sp³-hybridized carbons (Fsp3) is 0.357. The smallest absolute Gasteiger partial charge is 0.308 e. The summed E-state index contributed by atoms with van der Waals surface area (Å²) in [6.45, 7) is 3.10. The number of rotatable bonds is 21. The van der Waals surface area contributed by atoms with Crippen LogP contribution < -0.4 is 21.7 Å². The maximum atomic E-state index is 14.3. The molecule has 0 spiro atoms. The quantitative estimate of drug-likeness (QED) is 0.0628. The second kappa shape index (κ2) is 21.0. The van der Waals surface area contributed by atoms with E-state index in [1.165, 1.54) is 18.9 Å². The molecule has 4 atom stereocenters. The second-order valence-corrected chi connectivity index (χ2v) is 13.7. The third kappa shape index (κ3) is 12.6. The molecule has 5 amide bonds. The van der Waals surface area contributed by atoms with Gasteiger partial charge in [-0.2, -0.15) is 0 Å². The van der Waals surface area contributed by atoms with E-state index in [9.17, 15) is 33.6 Å². The molecule has 1 heterocycles. The van der Waals surface area contributed by atoms with E-state index < -0.39 is 72.5 Å². The summed E-state index contributed by atoms with van der Waals surface area (Å²) in [5.74, 6) is -4.86. The van der Waals surface area contributed by atoms with Crippen molar-refractivity contribution >= 4 is 52.2 Å². The summed E-state index contributed by atoms with van der Waals surface area (Å²) in [6.07, 6.45) is 2.17. The Bertz CT molecular complexity index is 1980. The number of benzene rings is 3. The summed E-state index contributed by atoms with van der Waals surface area (Å²) in [5, 5.41) is 8.74. The largest absolute Gasteiger partial charge is 0.461 e. The zero-order chi connectivity index (χ0) is 40.6.